The maximum absolute atomic E-state index is 10.4. The number of aliphatic hydroxyl groups is 2. The molecule has 2 saturated carbocycles. The summed E-state index contributed by atoms with van der Waals surface area (Å²) in [6.07, 6.45) is 13.1. The number of hydrogen-bond donors (Lipinski definition) is 2. The summed E-state index contributed by atoms with van der Waals surface area (Å²) in [5.41, 5.74) is 1.54. The standard InChI is InChI=1S/C18H26O2/c1-18-9-8-14-13-5-3-12(19)10-11(13)2-4-15(14)16(18)6-7-17(18)20/h2,4,10,12-17,19-20H,3,5-9H2,1H3. The zero-order valence-corrected chi connectivity index (χ0v) is 12.3. The van der Waals surface area contributed by atoms with Crippen molar-refractivity contribution in [3.05, 3.63) is 23.8 Å². The van der Waals surface area contributed by atoms with Gasteiger partial charge in [-0.15, -0.1) is 0 Å². The number of rotatable bonds is 0. The van der Waals surface area contributed by atoms with E-state index in [4.69, 9.17) is 0 Å². The normalized spacial score (nSPS) is 53.9. The number of allylic oxidation sites excluding steroid dienone is 3. The third-order valence-corrected chi connectivity index (χ3v) is 6.95. The minimum absolute atomic E-state index is 0.0908. The van der Waals surface area contributed by atoms with Crippen LogP contribution < -0.4 is 0 Å². The van der Waals surface area contributed by atoms with E-state index in [0.29, 0.717) is 17.8 Å². The van der Waals surface area contributed by atoms with Crippen LogP contribution in [0.5, 0.6) is 0 Å². The fourth-order valence-electron chi connectivity index (χ4n) is 5.75. The molecule has 4 rings (SSSR count). The average molecular weight is 274 g/mol. The molecule has 7 unspecified atom stereocenters. The minimum Gasteiger partial charge on any atom is -0.393 e. The highest BCUT2D eigenvalue weighted by atomic mass is 16.3. The number of hydrogen-bond acceptors (Lipinski definition) is 2. The summed E-state index contributed by atoms with van der Waals surface area (Å²) in [5, 5.41) is 20.2. The van der Waals surface area contributed by atoms with Gasteiger partial charge in [0.15, 0.2) is 0 Å². The van der Waals surface area contributed by atoms with Crippen LogP contribution in [0.15, 0.2) is 23.8 Å². The molecule has 2 nitrogen and oxygen atoms in total. The Morgan fingerprint density at radius 3 is 2.80 bits per heavy atom. The summed E-state index contributed by atoms with van der Waals surface area (Å²) >= 11 is 0. The molecule has 7 atom stereocenters. The molecule has 0 saturated heterocycles. The van der Waals surface area contributed by atoms with Gasteiger partial charge in [-0.2, -0.15) is 0 Å². The Hall–Kier alpha value is -0.600. The van der Waals surface area contributed by atoms with Crippen LogP contribution in [0, 0.1) is 29.1 Å². The second kappa shape index (κ2) is 4.45. The lowest BCUT2D eigenvalue weighted by molar-refractivity contribution is -0.0324. The lowest BCUT2D eigenvalue weighted by atomic mass is 9.54. The van der Waals surface area contributed by atoms with Gasteiger partial charge in [-0.05, 0) is 73.2 Å². The Labute approximate surface area is 121 Å². The van der Waals surface area contributed by atoms with Crippen molar-refractivity contribution in [2.75, 3.05) is 0 Å². The van der Waals surface area contributed by atoms with E-state index in [-0.39, 0.29) is 17.6 Å². The van der Waals surface area contributed by atoms with Crippen LogP contribution in [0.3, 0.4) is 0 Å². The Balaban J connectivity index is 1.68. The van der Waals surface area contributed by atoms with Crippen molar-refractivity contribution in [1.29, 1.82) is 0 Å². The van der Waals surface area contributed by atoms with Crippen LogP contribution >= 0.6 is 0 Å². The summed E-state index contributed by atoms with van der Waals surface area (Å²) in [4.78, 5) is 0. The van der Waals surface area contributed by atoms with Crippen LogP contribution in [0.4, 0.5) is 0 Å². The fraction of sp³-hybridized carbons (Fsp3) is 0.778. The summed E-state index contributed by atoms with van der Waals surface area (Å²) in [6.45, 7) is 2.31. The highest BCUT2D eigenvalue weighted by molar-refractivity contribution is 5.32. The van der Waals surface area contributed by atoms with Gasteiger partial charge in [0, 0.05) is 0 Å². The lowest BCUT2D eigenvalue weighted by Crippen LogP contribution is -2.46. The smallest absolute Gasteiger partial charge is 0.0726 e. The van der Waals surface area contributed by atoms with E-state index < -0.39 is 0 Å². The van der Waals surface area contributed by atoms with Crippen LogP contribution in [0.1, 0.15) is 45.4 Å². The first kappa shape index (κ1) is 13.1. The van der Waals surface area contributed by atoms with E-state index in [9.17, 15) is 10.2 Å². The SMILES string of the molecule is CC12CCC3C4CCC(O)C=C4C=CC3C1CCC2O. The molecule has 4 aliphatic rings. The van der Waals surface area contributed by atoms with E-state index in [1.54, 1.807) is 0 Å². The van der Waals surface area contributed by atoms with Gasteiger partial charge in [0.1, 0.15) is 0 Å². The van der Waals surface area contributed by atoms with E-state index >= 15 is 0 Å². The molecule has 0 radical (unpaired) electrons. The van der Waals surface area contributed by atoms with Gasteiger partial charge in [0.25, 0.3) is 0 Å². The van der Waals surface area contributed by atoms with Crippen LogP contribution in [-0.2, 0) is 0 Å². The second-order valence-corrected chi connectivity index (χ2v) is 7.76. The monoisotopic (exact) mass is 274 g/mol. The van der Waals surface area contributed by atoms with Crippen molar-refractivity contribution in [3.8, 4) is 0 Å². The van der Waals surface area contributed by atoms with Crippen molar-refractivity contribution in [3.63, 3.8) is 0 Å². The first-order chi connectivity index (χ1) is 9.59. The van der Waals surface area contributed by atoms with E-state index in [1.165, 1.54) is 24.8 Å². The maximum Gasteiger partial charge on any atom is 0.0726 e. The van der Waals surface area contributed by atoms with Gasteiger partial charge in [-0.25, -0.2) is 0 Å². The van der Waals surface area contributed by atoms with Gasteiger partial charge in [0.2, 0.25) is 0 Å². The Kier molecular flexibility index (Phi) is 2.91. The highest BCUT2D eigenvalue weighted by Gasteiger charge is 2.54. The molecule has 0 aliphatic heterocycles. The predicted molar refractivity (Wildman–Crippen MR) is 79.0 cm³/mol. The molecule has 4 aliphatic carbocycles. The Bertz CT molecular complexity index is 466. The predicted octanol–water partition coefficient (Wildman–Crippen LogP) is 3.06. The van der Waals surface area contributed by atoms with Crippen molar-refractivity contribution in [2.45, 2.75) is 57.7 Å². The first-order valence-corrected chi connectivity index (χ1v) is 8.35. The maximum atomic E-state index is 10.4. The highest BCUT2D eigenvalue weighted by Crippen LogP contribution is 2.60. The molecule has 0 amide bonds. The van der Waals surface area contributed by atoms with Crippen molar-refractivity contribution in [1.82, 2.24) is 0 Å². The average Bonchev–Trinajstić information content (AvgIpc) is 2.74. The molecule has 0 heterocycles. The molecule has 110 valence electrons. The zero-order valence-electron chi connectivity index (χ0n) is 12.3. The molecule has 0 aromatic carbocycles. The second-order valence-electron chi connectivity index (χ2n) is 7.76. The molecular formula is C18H26O2. The minimum atomic E-state index is -0.232. The van der Waals surface area contributed by atoms with Crippen molar-refractivity contribution < 1.29 is 10.2 Å². The van der Waals surface area contributed by atoms with Crippen LogP contribution in [0.2, 0.25) is 0 Å². The molecular weight excluding hydrogens is 248 g/mol. The van der Waals surface area contributed by atoms with Gasteiger partial charge < -0.3 is 10.2 Å². The molecule has 2 heteroatoms. The fourth-order valence-corrected chi connectivity index (χ4v) is 5.75. The summed E-state index contributed by atoms with van der Waals surface area (Å²) in [7, 11) is 0. The molecule has 20 heavy (non-hydrogen) atoms. The summed E-state index contributed by atoms with van der Waals surface area (Å²) in [6, 6.07) is 0. The molecule has 0 aromatic heterocycles. The lowest BCUT2D eigenvalue weighted by Gasteiger charge is -2.51. The van der Waals surface area contributed by atoms with Crippen molar-refractivity contribution >= 4 is 0 Å². The Morgan fingerprint density at radius 2 is 1.95 bits per heavy atom. The van der Waals surface area contributed by atoms with Gasteiger partial charge >= 0.3 is 0 Å². The van der Waals surface area contributed by atoms with Gasteiger partial charge in [-0.1, -0.05) is 25.2 Å². The third kappa shape index (κ3) is 1.70. The summed E-state index contributed by atoms with van der Waals surface area (Å²) < 4.78 is 0. The van der Waals surface area contributed by atoms with Crippen LogP contribution in [0.25, 0.3) is 0 Å². The van der Waals surface area contributed by atoms with Crippen LogP contribution in [-0.4, -0.2) is 22.4 Å². The van der Waals surface area contributed by atoms with Crippen molar-refractivity contribution in [2.24, 2.45) is 29.1 Å². The number of aliphatic hydroxyl groups excluding tert-OH is 2. The molecule has 2 N–H and O–H groups in total. The first-order valence-electron chi connectivity index (χ1n) is 8.35. The van der Waals surface area contributed by atoms with E-state index in [0.717, 1.165) is 25.2 Å². The molecule has 2 fully saturated rings. The molecule has 0 spiro atoms. The quantitative estimate of drug-likeness (QED) is 0.713. The Morgan fingerprint density at radius 1 is 1.10 bits per heavy atom. The zero-order chi connectivity index (χ0) is 13.9. The van der Waals surface area contributed by atoms with Gasteiger partial charge in [0.05, 0.1) is 12.2 Å². The molecule has 0 bridgehead atoms. The topological polar surface area (TPSA) is 40.5 Å². The largest absolute Gasteiger partial charge is 0.393 e. The van der Waals surface area contributed by atoms with E-state index in [2.05, 4.69) is 25.2 Å². The summed E-state index contributed by atoms with van der Waals surface area (Å²) in [5.74, 6) is 2.74. The van der Waals surface area contributed by atoms with Gasteiger partial charge in [-0.3, -0.25) is 0 Å². The van der Waals surface area contributed by atoms with E-state index in [1.807, 2.05) is 0 Å². The number of fused-ring (bicyclic) bond motifs is 5. The molecule has 0 aromatic rings. The third-order valence-electron chi connectivity index (χ3n) is 6.95.